The van der Waals surface area contributed by atoms with Gasteiger partial charge in [0.15, 0.2) is 0 Å². The molecule has 0 saturated heterocycles. The Morgan fingerprint density at radius 3 is 1.56 bits per heavy atom. The SMILES string of the molecule is O=C(Nc1cnc2ccccc2c1)c1cccc(C(=O)Nc2cnc3ccccc3c2)n1. The van der Waals surface area contributed by atoms with Crippen LogP contribution in [-0.4, -0.2) is 26.8 Å². The van der Waals surface area contributed by atoms with Gasteiger partial charge in [-0.3, -0.25) is 19.6 Å². The Balaban J connectivity index is 1.33. The number of para-hydroxylation sites is 2. The maximum Gasteiger partial charge on any atom is 0.274 e. The van der Waals surface area contributed by atoms with E-state index >= 15 is 0 Å². The van der Waals surface area contributed by atoms with Crippen LogP contribution in [0.4, 0.5) is 11.4 Å². The van der Waals surface area contributed by atoms with Crippen molar-refractivity contribution >= 4 is 45.0 Å². The Morgan fingerprint density at radius 1 is 0.594 bits per heavy atom. The summed E-state index contributed by atoms with van der Waals surface area (Å²) >= 11 is 0. The highest BCUT2D eigenvalue weighted by atomic mass is 16.2. The van der Waals surface area contributed by atoms with Crippen LogP contribution in [0.2, 0.25) is 0 Å². The maximum absolute atomic E-state index is 12.7. The third kappa shape index (κ3) is 3.99. The molecule has 0 bridgehead atoms. The molecule has 0 atom stereocenters. The lowest BCUT2D eigenvalue weighted by Gasteiger charge is -2.08. The number of nitrogens with one attached hydrogen (secondary N) is 2. The van der Waals surface area contributed by atoms with Crippen molar-refractivity contribution in [3.8, 4) is 0 Å². The molecule has 0 saturated carbocycles. The fourth-order valence-corrected chi connectivity index (χ4v) is 3.36. The second kappa shape index (κ2) is 8.23. The molecule has 0 unspecified atom stereocenters. The molecule has 5 aromatic rings. The molecule has 0 spiro atoms. The van der Waals surface area contributed by atoms with Crippen molar-refractivity contribution < 1.29 is 9.59 Å². The lowest BCUT2D eigenvalue weighted by Crippen LogP contribution is -2.18. The minimum absolute atomic E-state index is 0.127. The predicted octanol–water partition coefficient (Wildman–Crippen LogP) is 4.68. The molecule has 0 aliphatic carbocycles. The van der Waals surface area contributed by atoms with E-state index in [4.69, 9.17) is 0 Å². The van der Waals surface area contributed by atoms with Crippen molar-refractivity contribution in [2.24, 2.45) is 0 Å². The van der Waals surface area contributed by atoms with Crippen LogP contribution in [0.1, 0.15) is 21.0 Å². The van der Waals surface area contributed by atoms with Crippen molar-refractivity contribution in [1.82, 2.24) is 15.0 Å². The molecule has 7 heteroatoms. The molecule has 7 nitrogen and oxygen atoms in total. The molecular formula is C25H17N5O2. The number of carbonyl (C=O) groups excluding carboxylic acids is 2. The highest BCUT2D eigenvalue weighted by Crippen LogP contribution is 2.18. The van der Waals surface area contributed by atoms with Crippen molar-refractivity contribution in [2.75, 3.05) is 10.6 Å². The standard InChI is InChI=1S/C25H17N5O2/c31-24(28-18-12-16-6-1-3-8-20(16)26-14-18)22-10-5-11-23(30-22)25(32)29-19-13-17-7-2-4-9-21(17)27-15-19/h1-15H,(H,28,31)(H,29,32). The van der Waals surface area contributed by atoms with Gasteiger partial charge in [0, 0.05) is 10.8 Å². The Bertz CT molecular complexity index is 1370. The number of fused-ring (bicyclic) bond motifs is 2. The van der Waals surface area contributed by atoms with Crippen LogP contribution in [-0.2, 0) is 0 Å². The van der Waals surface area contributed by atoms with E-state index in [-0.39, 0.29) is 11.4 Å². The average Bonchev–Trinajstić information content (AvgIpc) is 2.84. The first-order valence-corrected chi connectivity index (χ1v) is 9.95. The van der Waals surface area contributed by atoms with E-state index in [0.717, 1.165) is 21.8 Å². The summed E-state index contributed by atoms with van der Waals surface area (Å²) in [5.74, 6) is -0.854. The van der Waals surface area contributed by atoms with Crippen molar-refractivity contribution in [3.05, 3.63) is 103 Å². The Morgan fingerprint density at radius 2 is 1.06 bits per heavy atom. The third-order valence-corrected chi connectivity index (χ3v) is 4.91. The number of carbonyl (C=O) groups is 2. The number of nitrogens with zero attached hydrogens (tertiary/aromatic N) is 3. The van der Waals surface area contributed by atoms with Gasteiger partial charge in [0.25, 0.3) is 11.8 Å². The summed E-state index contributed by atoms with van der Waals surface area (Å²) in [7, 11) is 0. The summed E-state index contributed by atoms with van der Waals surface area (Å²) in [6.45, 7) is 0. The van der Waals surface area contributed by atoms with Crippen LogP contribution >= 0.6 is 0 Å². The average molecular weight is 419 g/mol. The number of rotatable bonds is 4. The van der Waals surface area contributed by atoms with Crippen LogP contribution in [0, 0.1) is 0 Å². The van der Waals surface area contributed by atoms with Gasteiger partial charge in [0.05, 0.1) is 34.8 Å². The van der Waals surface area contributed by atoms with E-state index in [2.05, 4.69) is 25.6 Å². The van der Waals surface area contributed by atoms with E-state index in [1.54, 1.807) is 30.6 Å². The van der Waals surface area contributed by atoms with Gasteiger partial charge in [0.2, 0.25) is 0 Å². The second-order valence-corrected chi connectivity index (χ2v) is 7.15. The van der Waals surface area contributed by atoms with E-state index in [1.165, 1.54) is 0 Å². The van der Waals surface area contributed by atoms with Crippen LogP contribution in [0.5, 0.6) is 0 Å². The van der Waals surface area contributed by atoms with E-state index in [1.807, 2.05) is 60.7 Å². The summed E-state index contributed by atoms with van der Waals surface area (Å²) < 4.78 is 0. The first kappa shape index (κ1) is 19.3. The lowest BCUT2D eigenvalue weighted by atomic mass is 10.2. The monoisotopic (exact) mass is 419 g/mol. The van der Waals surface area contributed by atoms with Crippen molar-refractivity contribution in [1.29, 1.82) is 0 Å². The Labute approximate surface area is 183 Å². The zero-order chi connectivity index (χ0) is 21.9. The van der Waals surface area contributed by atoms with Gasteiger partial charge in [-0.25, -0.2) is 4.98 Å². The summed E-state index contributed by atoms with van der Waals surface area (Å²) in [4.78, 5) is 38.3. The third-order valence-electron chi connectivity index (χ3n) is 4.91. The molecule has 32 heavy (non-hydrogen) atoms. The number of hydrogen-bond acceptors (Lipinski definition) is 5. The number of amides is 2. The number of aromatic nitrogens is 3. The molecule has 0 aliphatic rings. The summed E-state index contributed by atoms with van der Waals surface area (Å²) in [5, 5.41) is 7.39. The largest absolute Gasteiger partial charge is 0.319 e. The van der Waals surface area contributed by atoms with Gasteiger partial charge in [-0.1, -0.05) is 42.5 Å². The first-order chi connectivity index (χ1) is 15.7. The van der Waals surface area contributed by atoms with E-state index in [9.17, 15) is 9.59 Å². The van der Waals surface area contributed by atoms with Gasteiger partial charge in [-0.15, -0.1) is 0 Å². The highest BCUT2D eigenvalue weighted by Gasteiger charge is 2.14. The van der Waals surface area contributed by atoms with Crippen LogP contribution in [0.15, 0.2) is 91.3 Å². The topological polar surface area (TPSA) is 96.9 Å². The molecule has 0 fully saturated rings. The highest BCUT2D eigenvalue weighted by molar-refractivity contribution is 6.06. The zero-order valence-corrected chi connectivity index (χ0v) is 16.8. The minimum Gasteiger partial charge on any atom is -0.319 e. The van der Waals surface area contributed by atoms with Gasteiger partial charge in [0.1, 0.15) is 11.4 Å². The normalized spacial score (nSPS) is 10.8. The fraction of sp³-hybridized carbons (Fsp3) is 0. The smallest absolute Gasteiger partial charge is 0.274 e. The Kier molecular flexibility index (Phi) is 4.97. The summed E-state index contributed by atoms with van der Waals surface area (Å²) in [6, 6.07) is 23.7. The van der Waals surface area contributed by atoms with Crippen LogP contribution in [0.3, 0.4) is 0 Å². The Hall–Kier alpha value is -4.65. The van der Waals surface area contributed by atoms with E-state index in [0.29, 0.717) is 11.4 Å². The van der Waals surface area contributed by atoms with E-state index < -0.39 is 11.8 Å². The molecule has 0 radical (unpaired) electrons. The molecule has 0 aliphatic heterocycles. The fourth-order valence-electron chi connectivity index (χ4n) is 3.36. The lowest BCUT2D eigenvalue weighted by molar-refractivity contribution is 0.101. The van der Waals surface area contributed by atoms with Gasteiger partial charge >= 0.3 is 0 Å². The number of hydrogen-bond donors (Lipinski definition) is 2. The second-order valence-electron chi connectivity index (χ2n) is 7.15. The van der Waals surface area contributed by atoms with Gasteiger partial charge < -0.3 is 10.6 Å². The van der Waals surface area contributed by atoms with Gasteiger partial charge in [-0.05, 0) is 36.4 Å². The quantitative estimate of drug-likeness (QED) is 0.441. The van der Waals surface area contributed by atoms with Gasteiger partial charge in [-0.2, -0.15) is 0 Å². The molecule has 5 rings (SSSR count). The molecule has 2 N–H and O–H groups in total. The molecule has 3 aromatic heterocycles. The number of benzene rings is 2. The van der Waals surface area contributed by atoms with Crippen molar-refractivity contribution in [3.63, 3.8) is 0 Å². The molecular weight excluding hydrogens is 402 g/mol. The van der Waals surface area contributed by atoms with Crippen LogP contribution in [0.25, 0.3) is 21.8 Å². The maximum atomic E-state index is 12.7. The first-order valence-electron chi connectivity index (χ1n) is 9.95. The number of pyridine rings is 3. The van der Waals surface area contributed by atoms with Crippen LogP contribution < -0.4 is 10.6 Å². The molecule has 2 amide bonds. The minimum atomic E-state index is -0.427. The van der Waals surface area contributed by atoms with Crippen molar-refractivity contribution in [2.45, 2.75) is 0 Å². The molecule has 2 aromatic carbocycles. The number of anilines is 2. The molecule has 154 valence electrons. The zero-order valence-electron chi connectivity index (χ0n) is 16.8. The molecule has 3 heterocycles. The summed E-state index contributed by atoms with van der Waals surface area (Å²) in [6.07, 6.45) is 3.17. The predicted molar refractivity (Wildman–Crippen MR) is 124 cm³/mol. The summed E-state index contributed by atoms with van der Waals surface area (Å²) in [5.41, 5.74) is 3.03.